The van der Waals surface area contributed by atoms with Crippen LogP contribution in [0.1, 0.15) is 6.42 Å². The Kier molecular flexibility index (Phi) is 4.16. The summed E-state index contributed by atoms with van der Waals surface area (Å²) in [6.07, 6.45) is -0.272. The van der Waals surface area contributed by atoms with Gasteiger partial charge in [-0.1, -0.05) is 0 Å². The molecule has 1 aliphatic rings. The summed E-state index contributed by atoms with van der Waals surface area (Å²) in [4.78, 5) is 12.4. The SMILES string of the molecule is O=C1CC(CS(=O)(=O)Cl)CN1c1cc(F)c(F)c(F)c1F. The fourth-order valence-electron chi connectivity index (χ4n) is 2.16. The van der Waals surface area contributed by atoms with Crippen LogP contribution in [0.2, 0.25) is 0 Å². The maximum absolute atomic E-state index is 13.6. The fourth-order valence-corrected chi connectivity index (χ4v) is 3.49. The van der Waals surface area contributed by atoms with Gasteiger partial charge in [0.25, 0.3) is 0 Å². The zero-order valence-electron chi connectivity index (χ0n) is 10.2. The van der Waals surface area contributed by atoms with Crippen molar-refractivity contribution in [1.82, 2.24) is 0 Å². The first kappa shape index (κ1) is 16.0. The molecule has 0 aliphatic carbocycles. The number of benzene rings is 1. The van der Waals surface area contributed by atoms with E-state index in [-0.39, 0.29) is 13.0 Å². The number of carbonyl (C=O) groups excluding carboxylic acids is 1. The van der Waals surface area contributed by atoms with Crippen molar-refractivity contribution >= 4 is 31.3 Å². The third kappa shape index (κ3) is 3.29. The van der Waals surface area contributed by atoms with E-state index in [4.69, 9.17) is 10.7 Å². The molecule has 116 valence electrons. The Morgan fingerprint density at radius 1 is 1.19 bits per heavy atom. The molecule has 1 atom stereocenters. The third-order valence-corrected chi connectivity index (χ3v) is 4.26. The molecule has 0 spiro atoms. The van der Waals surface area contributed by atoms with Crippen LogP contribution in [0.25, 0.3) is 0 Å². The Balaban J connectivity index is 2.34. The predicted octanol–water partition coefficient (Wildman–Crippen LogP) is 2.16. The summed E-state index contributed by atoms with van der Waals surface area (Å²) in [6, 6.07) is 0.350. The van der Waals surface area contributed by atoms with Crippen molar-refractivity contribution < 1.29 is 30.8 Å². The van der Waals surface area contributed by atoms with Crippen molar-refractivity contribution in [3.05, 3.63) is 29.3 Å². The number of nitrogens with zero attached hydrogens (tertiary/aromatic N) is 1. The summed E-state index contributed by atoms with van der Waals surface area (Å²) < 4.78 is 74.7. The lowest BCUT2D eigenvalue weighted by atomic mass is 10.1. The van der Waals surface area contributed by atoms with Crippen LogP contribution in [0.4, 0.5) is 23.2 Å². The molecule has 0 bridgehead atoms. The lowest BCUT2D eigenvalue weighted by Gasteiger charge is -2.18. The van der Waals surface area contributed by atoms with Crippen molar-refractivity contribution in [1.29, 1.82) is 0 Å². The molecule has 1 saturated heterocycles. The maximum Gasteiger partial charge on any atom is 0.232 e. The van der Waals surface area contributed by atoms with E-state index in [2.05, 4.69) is 0 Å². The van der Waals surface area contributed by atoms with Gasteiger partial charge in [0.15, 0.2) is 23.3 Å². The van der Waals surface area contributed by atoms with Crippen LogP contribution >= 0.6 is 10.7 Å². The molecule has 1 unspecified atom stereocenters. The average molecular weight is 346 g/mol. The average Bonchev–Trinajstić information content (AvgIpc) is 2.69. The number of carbonyl (C=O) groups is 1. The Morgan fingerprint density at radius 3 is 2.38 bits per heavy atom. The van der Waals surface area contributed by atoms with Crippen LogP contribution in [0, 0.1) is 29.2 Å². The maximum atomic E-state index is 13.6. The quantitative estimate of drug-likeness (QED) is 0.365. The molecule has 0 radical (unpaired) electrons. The first-order chi connectivity index (χ1) is 9.60. The van der Waals surface area contributed by atoms with Crippen molar-refractivity contribution in [2.24, 2.45) is 5.92 Å². The Hall–Kier alpha value is -1.35. The van der Waals surface area contributed by atoms with Gasteiger partial charge in [-0.25, -0.2) is 26.0 Å². The zero-order chi connectivity index (χ0) is 15.9. The van der Waals surface area contributed by atoms with Gasteiger partial charge in [0, 0.05) is 35.6 Å². The van der Waals surface area contributed by atoms with E-state index in [1.54, 1.807) is 0 Å². The second-order valence-corrected chi connectivity index (χ2v) is 7.42. The summed E-state index contributed by atoms with van der Waals surface area (Å²) in [5, 5.41) is 0. The highest BCUT2D eigenvalue weighted by atomic mass is 35.7. The van der Waals surface area contributed by atoms with Gasteiger partial charge in [0.05, 0.1) is 11.4 Å². The Morgan fingerprint density at radius 2 is 1.81 bits per heavy atom. The monoisotopic (exact) mass is 345 g/mol. The summed E-state index contributed by atoms with van der Waals surface area (Å²) >= 11 is 0. The Labute approximate surface area is 121 Å². The summed E-state index contributed by atoms with van der Waals surface area (Å²) in [5.41, 5.74) is -0.772. The standard InChI is InChI=1S/C11H8ClF4NO3S/c12-21(19,20)4-5-1-8(18)17(3-5)7-2-6(13)9(14)11(16)10(7)15/h2,5H,1,3-4H2. The number of hydrogen-bond donors (Lipinski definition) is 0. The summed E-state index contributed by atoms with van der Waals surface area (Å²) in [5.74, 6) is -9.39. The number of halogens is 5. The molecule has 21 heavy (non-hydrogen) atoms. The number of anilines is 1. The van der Waals surface area contributed by atoms with Crippen molar-refractivity contribution in [2.75, 3.05) is 17.2 Å². The largest absolute Gasteiger partial charge is 0.309 e. The van der Waals surface area contributed by atoms with Crippen LogP contribution in [0.5, 0.6) is 0 Å². The van der Waals surface area contributed by atoms with Crippen molar-refractivity contribution in [3.8, 4) is 0 Å². The smallest absolute Gasteiger partial charge is 0.232 e. The second-order valence-electron chi connectivity index (χ2n) is 4.60. The molecule has 1 amide bonds. The van der Waals surface area contributed by atoms with E-state index < -0.39 is 55.6 Å². The molecular weight excluding hydrogens is 338 g/mol. The van der Waals surface area contributed by atoms with Crippen LogP contribution in [-0.4, -0.2) is 26.6 Å². The van der Waals surface area contributed by atoms with Gasteiger partial charge in [0.1, 0.15) is 0 Å². The molecule has 0 saturated carbocycles. The van der Waals surface area contributed by atoms with Gasteiger partial charge in [-0.05, 0) is 0 Å². The molecule has 2 rings (SSSR count). The van der Waals surface area contributed by atoms with Crippen LogP contribution in [-0.2, 0) is 13.8 Å². The molecular formula is C11H8ClF4NO3S. The van der Waals surface area contributed by atoms with Gasteiger partial charge in [-0.3, -0.25) is 4.79 Å². The molecule has 1 aromatic carbocycles. The molecule has 1 aliphatic heterocycles. The second kappa shape index (κ2) is 5.45. The third-order valence-electron chi connectivity index (χ3n) is 3.01. The van der Waals surface area contributed by atoms with E-state index in [0.29, 0.717) is 11.0 Å². The highest BCUT2D eigenvalue weighted by Crippen LogP contribution is 2.31. The predicted molar refractivity (Wildman–Crippen MR) is 66.4 cm³/mol. The van der Waals surface area contributed by atoms with Gasteiger partial charge >= 0.3 is 0 Å². The molecule has 0 aromatic heterocycles. The molecule has 4 nitrogen and oxygen atoms in total. The summed E-state index contributed by atoms with van der Waals surface area (Å²) in [7, 11) is 1.18. The highest BCUT2D eigenvalue weighted by Gasteiger charge is 2.36. The van der Waals surface area contributed by atoms with E-state index in [1.165, 1.54) is 0 Å². The minimum absolute atomic E-state index is 0.272. The van der Waals surface area contributed by atoms with Gasteiger partial charge in [0.2, 0.25) is 15.0 Å². The number of amides is 1. The number of hydrogen-bond acceptors (Lipinski definition) is 3. The highest BCUT2D eigenvalue weighted by molar-refractivity contribution is 8.13. The summed E-state index contributed by atoms with van der Waals surface area (Å²) in [6.45, 7) is -0.286. The number of rotatable bonds is 3. The van der Waals surface area contributed by atoms with E-state index >= 15 is 0 Å². The molecule has 1 heterocycles. The van der Waals surface area contributed by atoms with Crippen LogP contribution in [0.3, 0.4) is 0 Å². The van der Waals surface area contributed by atoms with Gasteiger partial charge in [-0.2, -0.15) is 0 Å². The lowest BCUT2D eigenvalue weighted by Crippen LogP contribution is -2.27. The fraction of sp³-hybridized carbons (Fsp3) is 0.364. The molecule has 10 heteroatoms. The van der Waals surface area contributed by atoms with Gasteiger partial charge in [-0.15, -0.1) is 0 Å². The molecule has 1 fully saturated rings. The topological polar surface area (TPSA) is 54.5 Å². The molecule has 1 aromatic rings. The first-order valence-corrected chi connectivity index (χ1v) is 8.13. The lowest BCUT2D eigenvalue weighted by molar-refractivity contribution is -0.117. The first-order valence-electron chi connectivity index (χ1n) is 5.66. The minimum Gasteiger partial charge on any atom is -0.309 e. The normalized spacial score (nSPS) is 19.4. The Bertz CT molecular complexity index is 710. The van der Waals surface area contributed by atoms with E-state index in [0.717, 1.165) is 0 Å². The minimum atomic E-state index is -3.88. The molecule has 0 N–H and O–H groups in total. The zero-order valence-corrected chi connectivity index (χ0v) is 11.8. The van der Waals surface area contributed by atoms with Crippen LogP contribution < -0.4 is 4.90 Å². The van der Waals surface area contributed by atoms with E-state index in [9.17, 15) is 30.8 Å². The van der Waals surface area contributed by atoms with Crippen molar-refractivity contribution in [3.63, 3.8) is 0 Å². The van der Waals surface area contributed by atoms with Gasteiger partial charge < -0.3 is 4.90 Å². The van der Waals surface area contributed by atoms with Crippen molar-refractivity contribution in [2.45, 2.75) is 6.42 Å². The van der Waals surface area contributed by atoms with E-state index in [1.807, 2.05) is 0 Å². The van der Waals surface area contributed by atoms with Crippen LogP contribution in [0.15, 0.2) is 6.07 Å².